The zero-order valence-electron chi connectivity index (χ0n) is 13.8. The number of para-hydroxylation sites is 1. The van der Waals surface area contributed by atoms with Gasteiger partial charge in [-0.15, -0.1) is 0 Å². The highest BCUT2D eigenvalue weighted by Crippen LogP contribution is 2.20. The molecule has 0 fully saturated rings. The van der Waals surface area contributed by atoms with Crippen LogP contribution in [0.2, 0.25) is 0 Å². The summed E-state index contributed by atoms with van der Waals surface area (Å²) in [5.74, 6) is 0.153. The quantitative estimate of drug-likeness (QED) is 0.490. The molecule has 0 saturated heterocycles. The lowest BCUT2D eigenvalue weighted by Crippen LogP contribution is -2.18. The minimum atomic E-state index is -0.345. The van der Waals surface area contributed by atoms with E-state index in [1.165, 1.54) is 6.21 Å². The number of carbonyl (C=O) groups is 1. The number of halogens is 1. The number of ether oxygens (including phenoxy) is 1. The second kappa shape index (κ2) is 8.92. The Morgan fingerprint density at radius 1 is 1.12 bits per heavy atom. The summed E-state index contributed by atoms with van der Waals surface area (Å²) in [5.41, 5.74) is 4.58. The monoisotopic (exact) mass is 409 g/mol. The van der Waals surface area contributed by atoms with Crippen LogP contribution in [-0.4, -0.2) is 17.1 Å². The van der Waals surface area contributed by atoms with E-state index < -0.39 is 0 Å². The summed E-state index contributed by atoms with van der Waals surface area (Å²) in [6.07, 6.45) is 3.15. The van der Waals surface area contributed by atoms with Crippen molar-refractivity contribution in [2.24, 2.45) is 5.10 Å². The van der Waals surface area contributed by atoms with Crippen molar-refractivity contribution >= 4 is 28.1 Å². The maximum atomic E-state index is 12.4. The largest absolute Gasteiger partial charge is 0.488 e. The molecule has 1 N–H and O–H groups in total. The summed E-state index contributed by atoms with van der Waals surface area (Å²) in [5, 5.41) is 3.94. The van der Waals surface area contributed by atoms with Gasteiger partial charge >= 0.3 is 0 Å². The minimum Gasteiger partial charge on any atom is -0.488 e. The van der Waals surface area contributed by atoms with Gasteiger partial charge in [-0.25, -0.2) is 5.43 Å². The van der Waals surface area contributed by atoms with Gasteiger partial charge in [0, 0.05) is 10.7 Å². The second-order valence-electron chi connectivity index (χ2n) is 5.37. The predicted octanol–water partition coefficient (Wildman–Crippen LogP) is 4.19. The number of aromatic nitrogens is 1. The molecule has 5 nitrogen and oxygen atoms in total. The van der Waals surface area contributed by atoms with Gasteiger partial charge < -0.3 is 4.74 Å². The number of amides is 1. The first-order valence-electron chi connectivity index (χ1n) is 7.93. The maximum absolute atomic E-state index is 12.4. The Morgan fingerprint density at radius 2 is 1.96 bits per heavy atom. The molecule has 6 heteroatoms. The molecular formula is C20H16BrN3O2. The van der Waals surface area contributed by atoms with E-state index >= 15 is 0 Å². The van der Waals surface area contributed by atoms with E-state index in [9.17, 15) is 4.79 Å². The van der Waals surface area contributed by atoms with Crippen LogP contribution in [0.1, 0.15) is 21.6 Å². The van der Waals surface area contributed by atoms with Crippen LogP contribution in [0.3, 0.4) is 0 Å². The van der Waals surface area contributed by atoms with Crippen LogP contribution in [0.4, 0.5) is 0 Å². The van der Waals surface area contributed by atoms with E-state index in [2.05, 4.69) is 31.4 Å². The van der Waals surface area contributed by atoms with Gasteiger partial charge in [-0.05, 0) is 42.0 Å². The first-order valence-corrected chi connectivity index (χ1v) is 8.72. The van der Waals surface area contributed by atoms with E-state index in [0.29, 0.717) is 23.6 Å². The van der Waals surface area contributed by atoms with Crippen molar-refractivity contribution in [3.05, 3.63) is 94.2 Å². The first kappa shape index (κ1) is 17.8. The van der Waals surface area contributed by atoms with Gasteiger partial charge in [-0.3, -0.25) is 9.78 Å². The Kier molecular flexibility index (Phi) is 6.11. The predicted molar refractivity (Wildman–Crippen MR) is 104 cm³/mol. The number of hydrogen-bond acceptors (Lipinski definition) is 4. The van der Waals surface area contributed by atoms with Gasteiger partial charge in [0.1, 0.15) is 12.4 Å². The topological polar surface area (TPSA) is 63.6 Å². The normalized spacial score (nSPS) is 10.7. The van der Waals surface area contributed by atoms with Crippen LogP contribution < -0.4 is 10.2 Å². The van der Waals surface area contributed by atoms with Crippen molar-refractivity contribution in [3.8, 4) is 5.75 Å². The molecule has 3 rings (SSSR count). The van der Waals surface area contributed by atoms with Crippen LogP contribution in [0.5, 0.6) is 5.75 Å². The first-order chi connectivity index (χ1) is 12.7. The van der Waals surface area contributed by atoms with Crippen LogP contribution in [-0.2, 0) is 6.61 Å². The number of benzene rings is 2. The molecule has 1 heterocycles. The summed E-state index contributed by atoms with van der Waals surface area (Å²) in [6, 6.07) is 20.3. The van der Waals surface area contributed by atoms with Crippen molar-refractivity contribution in [1.29, 1.82) is 0 Å². The molecule has 1 amide bonds. The molecule has 0 spiro atoms. The van der Waals surface area contributed by atoms with Gasteiger partial charge in [-0.1, -0.05) is 46.3 Å². The van der Waals surface area contributed by atoms with Crippen molar-refractivity contribution < 1.29 is 9.53 Å². The molecule has 130 valence electrons. The molecule has 0 aliphatic carbocycles. The Hall–Kier alpha value is -2.99. The molecule has 0 radical (unpaired) electrons. The van der Waals surface area contributed by atoms with E-state index in [4.69, 9.17) is 4.74 Å². The van der Waals surface area contributed by atoms with Crippen LogP contribution in [0, 0.1) is 0 Å². The van der Waals surface area contributed by atoms with Crippen LogP contribution >= 0.6 is 15.9 Å². The summed E-state index contributed by atoms with van der Waals surface area (Å²) in [7, 11) is 0. The molecule has 1 aromatic heterocycles. The highest BCUT2D eigenvalue weighted by atomic mass is 79.9. The third kappa shape index (κ3) is 5.00. The standard InChI is InChI=1S/C20H16BrN3O2/c21-16-7-5-6-15(12-16)14-26-19-10-2-1-9-18(19)20(25)24-23-13-17-8-3-4-11-22-17/h1-13H,14H2,(H,24,25)/b23-13+. The van der Waals surface area contributed by atoms with Gasteiger partial charge in [0.05, 0.1) is 17.5 Å². The van der Waals surface area contributed by atoms with Crippen molar-refractivity contribution in [1.82, 2.24) is 10.4 Å². The molecule has 2 aromatic carbocycles. The molecule has 26 heavy (non-hydrogen) atoms. The third-order valence-corrected chi connectivity index (χ3v) is 3.96. The van der Waals surface area contributed by atoms with E-state index in [1.54, 1.807) is 30.5 Å². The zero-order valence-corrected chi connectivity index (χ0v) is 15.4. The molecule has 0 aliphatic rings. The zero-order chi connectivity index (χ0) is 18.2. The van der Waals surface area contributed by atoms with Gasteiger partial charge in [0.25, 0.3) is 5.91 Å². The Balaban J connectivity index is 1.66. The average molecular weight is 410 g/mol. The molecular weight excluding hydrogens is 394 g/mol. The number of pyridine rings is 1. The van der Waals surface area contributed by atoms with E-state index in [1.807, 2.05) is 42.5 Å². The lowest BCUT2D eigenvalue weighted by molar-refractivity contribution is 0.0950. The lowest BCUT2D eigenvalue weighted by Gasteiger charge is -2.10. The Morgan fingerprint density at radius 3 is 2.77 bits per heavy atom. The van der Waals surface area contributed by atoms with Gasteiger partial charge in [-0.2, -0.15) is 5.10 Å². The van der Waals surface area contributed by atoms with Crippen molar-refractivity contribution in [2.45, 2.75) is 6.61 Å². The van der Waals surface area contributed by atoms with Crippen LogP contribution in [0.15, 0.2) is 82.5 Å². The lowest BCUT2D eigenvalue weighted by atomic mass is 10.2. The summed E-state index contributed by atoms with van der Waals surface area (Å²) in [6.45, 7) is 0.362. The fourth-order valence-electron chi connectivity index (χ4n) is 2.24. The average Bonchev–Trinajstić information content (AvgIpc) is 2.67. The van der Waals surface area contributed by atoms with Crippen molar-refractivity contribution in [2.75, 3.05) is 0 Å². The second-order valence-corrected chi connectivity index (χ2v) is 6.28. The smallest absolute Gasteiger partial charge is 0.275 e. The van der Waals surface area contributed by atoms with Gasteiger partial charge in [0.15, 0.2) is 0 Å². The van der Waals surface area contributed by atoms with Gasteiger partial charge in [0.2, 0.25) is 0 Å². The fourth-order valence-corrected chi connectivity index (χ4v) is 2.68. The summed E-state index contributed by atoms with van der Waals surface area (Å²) in [4.78, 5) is 16.5. The SMILES string of the molecule is O=C(N/N=C/c1ccccn1)c1ccccc1OCc1cccc(Br)c1. The molecule has 0 saturated carbocycles. The molecule has 0 unspecified atom stereocenters. The number of hydrazone groups is 1. The fraction of sp³-hybridized carbons (Fsp3) is 0.0500. The van der Waals surface area contributed by atoms with E-state index in [-0.39, 0.29) is 5.91 Å². The van der Waals surface area contributed by atoms with E-state index in [0.717, 1.165) is 10.0 Å². The van der Waals surface area contributed by atoms with Crippen LogP contribution in [0.25, 0.3) is 0 Å². The number of hydrogen-bond donors (Lipinski definition) is 1. The highest BCUT2D eigenvalue weighted by Gasteiger charge is 2.11. The van der Waals surface area contributed by atoms with Crippen molar-refractivity contribution in [3.63, 3.8) is 0 Å². The molecule has 0 bridgehead atoms. The molecule has 0 aliphatic heterocycles. The number of rotatable bonds is 6. The number of nitrogens with one attached hydrogen (secondary N) is 1. The third-order valence-electron chi connectivity index (χ3n) is 3.47. The summed E-state index contributed by atoms with van der Waals surface area (Å²) < 4.78 is 6.80. The highest BCUT2D eigenvalue weighted by molar-refractivity contribution is 9.10. The Labute approximate surface area is 159 Å². The minimum absolute atomic E-state index is 0.345. The molecule has 0 atom stereocenters. The summed E-state index contributed by atoms with van der Waals surface area (Å²) >= 11 is 3.43. The molecule has 3 aromatic rings. The Bertz CT molecular complexity index is 914. The number of nitrogens with zero attached hydrogens (tertiary/aromatic N) is 2. The maximum Gasteiger partial charge on any atom is 0.275 e. The number of carbonyl (C=O) groups excluding carboxylic acids is 1.